The van der Waals surface area contributed by atoms with Crippen molar-refractivity contribution in [3.05, 3.63) is 59.7 Å². The van der Waals surface area contributed by atoms with Crippen LogP contribution in [-0.4, -0.2) is 26.2 Å². The molecule has 0 aliphatic rings. The highest BCUT2D eigenvalue weighted by molar-refractivity contribution is 5.90. The van der Waals surface area contributed by atoms with E-state index < -0.39 is 5.97 Å². The molecule has 0 spiro atoms. The molecule has 0 saturated carbocycles. The van der Waals surface area contributed by atoms with Crippen molar-refractivity contribution in [1.29, 1.82) is 0 Å². The summed E-state index contributed by atoms with van der Waals surface area (Å²) in [5.74, 6) is -0.229. The van der Waals surface area contributed by atoms with Gasteiger partial charge in [-0.05, 0) is 29.7 Å². The highest BCUT2D eigenvalue weighted by atomic mass is 16.6. The van der Waals surface area contributed by atoms with Crippen LogP contribution in [0.3, 0.4) is 0 Å². The molecule has 0 radical (unpaired) electrons. The number of hydrogen-bond acceptors (Lipinski definition) is 5. The molecule has 0 aliphatic heterocycles. The fourth-order valence-electron chi connectivity index (χ4n) is 2.31. The highest BCUT2D eigenvalue weighted by Crippen LogP contribution is 2.29. The number of benzene rings is 2. The lowest BCUT2D eigenvalue weighted by Crippen LogP contribution is -2.12. The van der Waals surface area contributed by atoms with Crippen LogP contribution in [0.5, 0.6) is 11.5 Å². The van der Waals surface area contributed by atoms with E-state index in [4.69, 9.17) is 9.47 Å². The monoisotopic (exact) mass is 328 g/mol. The molecule has 0 amide bonds. The summed E-state index contributed by atoms with van der Waals surface area (Å²) in [5.41, 5.74) is 1.40. The van der Waals surface area contributed by atoms with E-state index in [0.29, 0.717) is 11.3 Å². The van der Waals surface area contributed by atoms with Crippen LogP contribution in [0.4, 0.5) is 0 Å². The summed E-state index contributed by atoms with van der Waals surface area (Å²) in [6.07, 6.45) is 0.242. The smallest absolute Gasteiger partial charge is 0.337 e. The average Bonchev–Trinajstić information content (AvgIpc) is 2.61. The Balaban J connectivity index is 2.07. The third kappa shape index (κ3) is 4.35. The van der Waals surface area contributed by atoms with Crippen molar-refractivity contribution in [3.63, 3.8) is 0 Å². The average molecular weight is 328 g/mol. The van der Waals surface area contributed by atoms with Gasteiger partial charge in [-0.2, -0.15) is 0 Å². The van der Waals surface area contributed by atoms with E-state index in [1.807, 2.05) is 37.3 Å². The fourth-order valence-corrected chi connectivity index (χ4v) is 2.31. The predicted octanol–water partition coefficient (Wildman–Crippen LogP) is 3.58. The van der Waals surface area contributed by atoms with E-state index in [0.717, 1.165) is 5.56 Å². The summed E-state index contributed by atoms with van der Waals surface area (Å²) in [6, 6.07) is 14.3. The molecule has 0 fully saturated rings. The number of hydrogen-bond donors (Lipinski definition) is 0. The lowest BCUT2D eigenvalue weighted by Gasteiger charge is -2.13. The molecule has 24 heavy (non-hydrogen) atoms. The van der Waals surface area contributed by atoms with Crippen molar-refractivity contribution >= 4 is 11.9 Å². The van der Waals surface area contributed by atoms with Crippen LogP contribution in [0.25, 0.3) is 0 Å². The number of ether oxygens (including phenoxy) is 3. The maximum Gasteiger partial charge on any atom is 0.337 e. The Hall–Kier alpha value is -2.82. The Labute approximate surface area is 141 Å². The first-order chi connectivity index (χ1) is 11.5. The summed E-state index contributed by atoms with van der Waals surface area (Å²) in [7, 11) is 2.74. The first-order valence-electron chi connectivity index (χ1n) is 7.57. The van der Waals surface area contributed by atoms with Gasteiger partial charge in [-0.25, -0.2) is 4.79 Å². The summed E-state index contributed by atoms with van der Waals surface area (Å²) < 4.78 is 15.2. The molecule has 0 bridgehead atoms. The molecule has 5 heteroatoms. The van der Waals surface area contributed by atoms with E-state index in [9.17, 15) is 9.59 Å². The minimum Gasteiger partial charge on any atom is -0.493 e. The molecule has 5 nitrogen and oxygen atoms in total. The molecule has 2 aromatic rings. The van der Waals surface area contributed by atoms with Crippen molar-refractivity contribution in [3.8, 4) is 11.5 Å². The largest absolute Gasteiger partial charge is 0.493 e. The number of rotatable bonds is 6. The second-order valence-corrected chi connectivity index (χ2v) is 5.35. The zero-order valence-corrected chi connectivity index (χ0v) is 13.9. The summed E-state index contributed by atoms with van der Waals surface area (Å²) in [4.78, 5) is 23.7. The van der Waals surface area contributed by atoms with Crippen molar-refractivity contribution in [2.45, 2.75) is 19.3 Å². The van der Waals surface area contributed by atoms with Gasteiger partial charge in [0.15, 0.2) is 11.5 Å². The van der Waals surface area contributed by atoms with Gasteiger partial charge in [0.1, 0.15) is 0 Å². The molecule has 1 atom stereocenters. The van der Waals surface area contributed by atoms with Crippen LogP contribution in [0.2, 0.25) is 0 Å². The quantitative estimate of drug-likeness (QED) is 0.599. The number of methoxy groups -OCH3 is 2. The Morgan fingerprint density at radius 3 is 2.33 bits per heavy atom. The van der Waals surface area contributed by atoms with Crippen LogP contribution < -0.4 is 9.47 Å². The van der Waals surface area contributed by atoms with Gasteiger partial charge in [-0.3, -0.25) is 4.79 Å². The van der Waals surface area contributed by atoms with Gasteiger partial charge in [0, 0.05) is 0 Å². The van der Waals surface area contributed by atoms with Gasteiger partial charge in [-0.15, -0.1) is 0 Å². The second-order valence-electron chi connectivity index (χ2n) is 5.35. The van der Waals surface area contributed by atoms with Gasteiger partial charge in [0.25, 0.3) is 0 Å². The van der Waals surface area contributed by atoms with Crippen molar-refractivity contribution in [1.82, 2.24) is 0 Å². The van der Waals surface area contributed by atoms with Crippen molar-refractivity contribution in [2.24, 2.45) is 0 Å². The molecular formula is C19H20O5. The van der Waals surface area contributed by atoms with E-state index >= 15 is 0 Å². The van der Waals surface area contributed by atoms with Crippen LogP contribution in [0.1, 0.15) is 35.2 Å². The minimum atomic E-state index is -0.483. The highest BCUT2D eigenvalue weighted by Gasteiger charge is 2.17. The molecule has 0 saturated heterocycles. The lowest BCUT2D eigenvalue weighted by atomic mass is 9.98. The molecule has 0 N–H and O–H groups in total. The Morgan fingerprint density at radius 2 is 1.71 bits per heavy atom. The Morgan fingerprint density at radius 1 is 1.00 bits per heavy atom. The van der Waals surface area contributed by atoms with Crippen LogP contribution in [0.15, 0.2) is 48.5 Å². The fraction of sp³-hybridized carbons (Fsp3) is 0.263. The molecule has 0 aromatic heterocycles. The van der Waals surface area contributed by atoms with Crippen molar-refractivity contribution < 1.29 is 23.8 Å². The normalized spacial score (nSPS) is 11.5. The zero-order valence-electron chi connectivity index (χ0n) is 13.9. The minimum absolute atomic E-state index is 0.0408. The second kappa shape index (κ2) is 8.15. The molecule has 0 aliphatic carbocycles. The van der Waals surface area contributed by atoms with E-state index in [2.05, 4.69) is 4.74 Å². The molecule has 0 heterocycles. The molecule has 2 aromatic carbocycles. The third-order valence-electron chi connectivity index (χ3n) is 3.65. The maximum atomic E-state index is 12.2. The maximum absolute atomic E-state index is 12.2. The van der Waals surface area contributed by atoms with Gasteiger partial charge in [0.2, 0.25) is 0 Å². The predicted molar refractivity (Wildman–Crippen MR) is 89.4 cm³/mol. The third-order valence-corrected chi connectivity index (χ3v) is 3.65. The number of carbonyl (C=O) groups excluding carboxylic acids is 2. The van der Waals surface area contributed by atoms with E-state index in [-0.39, 0.29) is 24.1 Å². The standard InChI is InChI=1S/C19H20O5/c1-13(14-7-5-4-6-8-14)11-18(20)24-16-10-9-15(19(21)23-3)12-17(16)22-2/h4-10,12-13H,11H2,1-3H3. The molecule has 2 rings (SSSR count). The zero-order chi connectivity index (χ0) is 17.5. The molecular weight excluding hydrogens is 308 g/mol. The Bertz CT molecular complexity index is 709. The first kappa shape index (κ1) is 17.5. The summed E-state index contributed by atoms with van der Waals surface area (Å²) >= 11 is 0. The van der Waals surface area contributed by atoms with Gasteiger partial charge >= 0.3 is 11.9 Å². The first-order valence-corrected chi connectivity index (χ1v) is 7.57. The number of carbonyl (C=O) groups is 2. The summed E-state index contributed by atoms with van der Waals surface area (Å²) in [5, 5.41) is 0. The van der Waals surface area contributed by atoms with Gasteiger partial charge in [-0.1, -0.05) is 37.3 Å². The van der Waals surface area contributed by atoms with E-state index in [1.165, 1.54) is 32.4 Å². The number of esters is 2. The van der Waals surface area contributed by atoms with Crippen molar-refractivity contribution in [2.75, 3.05) is 14.2 Å². The lowest BCUT2D eigenvalue weighted by molar-refractivity contribution is -0.134. The topological polar surface area (TPSA) is 61.8 Å². The molecule has 1 unspecified atom stereocenters. The van der Waals surface area contributed by atoms with Crippen LogP contribution in [0, 0.1) is 0 Å². The Kier molecular flexibility index (Phi) is 5.95. The van der Waals surface area contributed by atoms with Crippen LogP contribution in [-0.2, 0) is 9.53 Å². The molecule has 126 valence electrons. The SMILES string of the molecule is COC(=O)c1ccc(OC(=O)CC(C)c2ccccc2)c(OC)c1. The summed E-state index contributed by atoms with van der Waals surface area (Å²) in [6.45, 7) is 1.97. The van der Waals surface area contributed by atoms with Gasteiger partial charge in [0.05, 0.1) is 26.2 Å². The van der Waals surface area contributed by atoms with Crippen LogP contribution >= 0.6 is 0 Å². The van der Waals surface area contributed by atoms with Gasteiger partial charge < -0.3 is 14.2 Å². The van der Waals surface area contributed by atoms with E-state index in [1.54, 1.807) is 0 Å².